The Morgan fingerprint density at radius 3 is 2.41 bits per heavy atom. The fraction of sp³-hybridized carbons (Fsp3) is 0.385. The van der Waals surface area contributed by atoms with E-state index in [1.165, 1.54) is 0 Å². The van der Waals surface area contributed by atoms with Crippen LogP contribution in [0.4, 0.5) is 0 Å². The zero-order chi connectivity index (χ0) is 12.6. The van der Waals surface area contributed by atoms with Crippen LogP contribution in [0.5, 0.6) is 5.88 Å². The molecule has 0 aliphatic carbocycles. The summed E-state index contributed by atoms with van der Waals surface area (Å²) >= 11 is 0. The van der Waals surface area contributed by atoms with Crippen LogP contribution >= 0.6 is 0 Å². The van der Waals surface area contributed by atoms with Gasteiger partial charge in [-0.2, -0.15) is 4.98 Å². The molecule has 4 heteroatoms. The van der Waals surface area contributed by atoms with Gasteiger partial charge < -0.3 is 4.74 Å². The van der Waals surface area contributed by atoms with Crippen molar-refractivity contribution < 1.29 is 4.74 Å². The first-order chi connectivity index (χ1) is 7.93. The Bertz CT molecular complexity index is 609. The van der Waals surface area contributed by atoms with Gasteiger partial charge in [0.1, 0.15) is 5.65 Å². The van der Waals surface area contributed by atoms with Gasteiger partial charge in [-0.1, -0.05) is 0 Å². The number of hydrogen-bond donors (Lipinski definition) is 0. The number of aromatic nitrogens is 2. The van der Waals surface area contributed by atoms with Crippen LogP contribution in [0.1, 0.15) is 20.8 Å². The van der Waals surface area contributed by atoms with Gasteiger partial charge in [-0.15, -0.1) is 0 Å². The quantitative estimate of drug-likeness (QED) is 0.756. The molecule has 0 aliphatic rings. The summed E-state index contributed by atoms with van der Waals surface area (Å²) in [6.07, 6.45) is 0. The summed E-state index contributed by atoms with van der Waals surface area (Å²) in [6.45, 7) is 5.94. The first kappa shape index (κ1) is 11.6. The van der Waals surface area contributed by atoms with Gasteiger partial charge in [-0.3, -0.25) is 9.36 Å². The Morgan fingerprint density at radius 2 is 1.82 bits per heavy atom. The van der Waals surface area contributed by atoms with Gasteiger partial charge in [0.15, 0.2) is 0 Å². The van der Waals surface area contributed by atoms with E-state index in [-0.39, 0.29) is 11.1 Å². The smallest absolute Gasteiger partial charge is 0.252 e. The molecular weight excluding hydrogens is 216 g/mol. The van der Waals surface area contributed by atoms with Crippen molar-refractivity contribution in [2.45, 2.75) is 26.3 Å². The highest BCUT2D eigenvalue weighted by Gasteiger charge is 2.18. The minimum atomic E-state index is -0.310. The average Bonchev–Trinajstić information content (AvgIpc) is 2.26. The highest BCUT2D eigenvalue weighted by atomic mass is 16.5. The topological polar surface area (TPSA) is 44.1 Å². The lowest BCUT2D eigenvalue weighted by Gasteiger charge is -2.23. The van der Waals surface area contributed by atoms with Crippen molar-refractivity contribution in [2.24, 2.45) is 0 Å². The van der Waals surface area contributed by atoms with E-state index in [1.807, 2.05) is 26.8 Å². The van der Waals surface area contributed by atoms with E-state index in [1.54, 1.807) is 29.9 Å². The lowest BCUT2D eigenvalue weighted by atomic mass is 10.1. The van der Waals surface area contributed by atoms with Gasteiger partial charge in [0.2, 0.25) is 5.88 Å². The van der Waals surface area contributed by atoms with E-state index in [0.717, 1.165) is 5.39 Å². The number of hydrogen-bond acceptors (Lipinski definition) is 3. The lowest BCUT2D eigenvalue weighted by Crippen LogP contribution is -2.33. The van der Waals surface area contributed by atoms with Gasteiger partial charge in [0, 0.05) is 23.1 Å². The second-order valence-electron chi connectivity index (χ2n) is 4.94. The predicted molar refractivity (Wildman–Crippen MR) is 67.6 cm³/mol. The Morgan fingerprint density at radius 1 is 1.18 bits per heavy atom. The van der Waals surface area contributed by atoms with Crippen molar-refractivity contribution >= 4 is 11.0 Å². The Labute approximate surface area is 99.9 Å². The molecule has 2 aromatic heterocycles. The third-order valence-corrected chi connectivity index (χ3v) is 2.60. The number of rotatable bonds is 1. The van der Waals surface area contributed by atoms with Crippen LogP contribution in [-0.2, 0) is 5.54 Å². The third-order valence-electron chi connectivity index (χ3n) is 2.60. The van der Waals surface area contributed by atoms with Crippen molar-refractivity contribution in [3.05, 3.63) is 34.6 Å². The van der Waals surface area contributed by atoms with E-state index in [2.05, 4.69) is 4.98 Å². The highest BCUT2D eigenvalue weighted by Crippen LogP contribution is 2.20. The minimum absolute atomic E-state index is 0.0502. The maximum absolute atomic E-state index is 12.0. The van der Waals surface area contributed by atoms with E-state index in [4.69, 9.17) is 4.74 Å². The molecule has 90 valence electrons. The molecule has 0 saturated heterocycles. The second-order valence-corrected chi connectivity index (χ2v) is 4.94. The molecule has 0 aliphatic heterocycles. The van der Waals surface area contributed by atoms with Gasteiger partial charge in [-0.25, -0.2) is 0 Å². The highest BCUT2D eigenvalue weighted by molar-refractivity contribution is 5.75. The molecule has 2 rings (SSSR count). The molecule has 2 heterocycles. The van der Waals surface area contributed by atoms with Gasteiger partial charge >= 0.3 is 0 Å². The Hall–Kier alpha value is -1.84. The first-order valence-corrected chi connectivity index (χ1v) is 5.51. The Kier molecular flexibility index (Phi) is 2.65. The van der Waals surface area contributed by atoms with E-state index < -0.39 is 0 Å². The number of methoxy groups -OCH3 is 1. The number of fused-ring (bicyclic) bond motifs is 1. The molecule has 0 fully saturated rings. The average molecular weight is 232 g/mol. The van der Waals surface area contributed by atoms with Crippen LogP contribution in [-0.4, -0.2) is 16.7 Å². The van der Waals surface area contributed by atoms with Gasteiger partial charge in [-0.05, 0) is 32.9 Å². The summed E-state index contributed by atoms with van der Waals surface area (Å²) < 4.78 is 6.79. The van der Waals surface area contributed by atoms with Crippen molar-refractivity contribution in [1.29, 1.82) is 0 Å². The standard InChI is InChI=1S/C13H16N2O2/c1-13(2,3)15-11(16)8-6-9-5-7-10(17-4)14-12(9)15/h5-8H,1-4H3. The van der Waals surface area contributed by atoms with Gasteiger partial charge in [0.25, 0.3) is 5.56 Å². The predicted octanol–water partition coefficient (Wildman–Crippen LogP) is 2.16. The molecule has 0 atom stereocenters. The maximum atomic E-state index is 12.0. The van der Waals surface area contributed by atoms with Crippen LogP contribution in [0.15, 0.2) is 29.1 Å². The van der Waals surface area contributed by atoms with E-state index in [0.29, 0.717) is 11.5 Å². The van der Waals surface area contributed by atoms with Crippen molar-refractivity contribution in [3.63, 3.8) is 0 Å². The molecule has 17 heavy (non-hydrogen) atoms. The third kappa shape index (κ3) is 2.02. The maximum Gasteiger partial charge on any atom is 0.252 e. The molecule has 0 unspecified atom stereocenters. The molecule has 0 spiro atoms. The second kappa shape index (κ2) is 3.87. The molecule has 0 radical (unpaired) electrons. The molecule has 0 amide bonds. The van der Waals surface area contributed by atoms with Crippen LogP contribution in [0.2, 0.25) is 0 Å². The largest absolute Gasteiger partial charge is 0.481 e. The summed E-state index contributed by atoms with van der Waals surface area (Å²) in [4.78, 5) is 16.3. The fourth-order valence-electron chi connectivity index (χ4n) is 1.85. The number of nitrogens with zero attached hydrogens (tertiary/aromatic N) is 2. The zero-order valence-corrected chi connectivity index (χ0v) is 10.5. The lowest BCUT2D eigenvalue weighted by molar-refractivity contribution is 0.384. The van der Waals surface area contributed by atoms with Gasteiger partial charge in [0.05, 0.1) is 7.11 Å². The normalized spacial score (nSPS) is 11.8. The molecule has 2 aromatic rings. The molecule has 0 saturated carbocycles. The SMILES string of the molecule is COc1ccc2ccc(=O)n(C(C)(C)C)c2n1. The molecule has 0 bridgehead atoms. The number of ether oxygens (including phenoxy) is 1. The summed E-state index contributed by atoms with van der Waals surface area (Å²) in [5, 5.41) is 0.931. The van der Waals surface area contributed by atoms with Crippen molar-refractivity contribution in [2.75, 3.05) is 7.11 Å². The van der Waals surface area contributed by atoms with E-state index in [9.17, 15) is 4.79 Å². The molecular formula is C13H16N2O2. The summed E-state index contributed by atoms with van der Waals surface area (Å²) in [5.41, 5.74) is 0.297. The van der Waals surface area contributed by atoms with Crippen molar-refractivity contribution in [3.8, 4) is 5.88 Å². The van der Waals surface area contributed by atoms with Crippen LogP contribution in [0, 0.1) is 0 Å². The summed E-state index contributed by atoms with van der Waals surface area (Å²) in [5.74, 6) is 0.515. The first-order valence-electron chi connectivity index (χ1n) is 5.51. The van der Waals surface area contributed by atoms with Crippen molar-refractivity contribution in [1.82, 2.24) is 9.55 Å². The molecule has 4 nitrogen and oxygen atoms in total. The summed E-state index contributed by atoms with van der Waals surface area (Å²) in [6, 6.07) is 7.05. The van der Waals surface area contributed by atoms with Crippen LogP contribution < -0.4 is 10.3 Å². The molecule has 0 N–H and O–H groups in total. The number of pyridine rings is 2. The minimum Gasteiger partial charge on any atom is -0.481 e. The Balaban J connectivity index is 2.88. The monoisotopic (exact) mass is 232 g/mol. The molecule has 0 aromatic carbocycles. The fourth-order valence-corrected chi connectivity index (χ4v) is 1.85. The summed E-state index contributed by atoms with van der Waals surface area (Å²) in [7, 11) is 1.57. The van der Waals surface area contributed by atoms with E-state index >= 15 is 0 Å². The van der Waals surface area contributed by atoms with Crippen LogP contribution in [0.25, 0.3) is 11.0 Å². The van der Waals surface area contributed by atoms with Crippen LogP contribution in [0.3, 0.4) is 0 Å². The zero-order valence-electron chi connectivity index (χ0n) is 10.5.